The number of ether oxygens (including phenoxy) is 2. The van der Waals surface area contributed by atoms with Crippen LogP contribution in [-0.2, 0) is 14.8 Å². The van der Waals surface area contributed by atoms with Gasteiger partial charge in [0.15, 0.2) is 0 Å². The lowest BCUT2D eigenvalue weighted by atomic mass is 9.73. The van der Waals surface area contributed by atoms with Gasteiger partial charge in [0.2, 0.25) is 0 Å². The van der Waals surface area contributed by atoms with Crippen molar-refractivity contribution in [2.45, 2.75) is 57.8 Å². The van der Waals surface area contributed by atoms with E-state index in [-0.39, 0.29) is 17.0 Å². The van der Waals surface area contributed by atoms with E-state index >= 15 is 0 Å². The number of nitro groups is 1. The van der Waals surface area contributed by atoms with Crippen LogP contribution in [0.1, 0.15) is 63.2 Å². The molecule has 2 aromatic carbocycles. The fourth-order valence-electron chi connectivity index (χ4n) is 8.18. The van der Waals surface area contributed by atoms with E-state index in [1.54, 1.807) is 41.6 Å². The lowest BCUT2D eigenvalue weighted by Gasteiger charge is -2.39. The summed E-state index contributed by atoms with van der Waals surface area (Å²) in [5, 5.41) is 15.9. The molecule has 1 aliphatic carbocycles. The van der Waals surface area contributed by atoms with E-state index in [1.165, 1.54) is 30.3 Å². The van der Waals surface area contributed by atoms with E-state index in [9.17, 15) is 23.3 Å². The zero-order chi connectivity index (χ0) is 42.4. The average molecular weight is 841 g/mol. The molecule has 1 amide bonds. The molecule has 0 saturated carbocycles. The summed E-state index contributed by atoms with van der Waals surface area (Å²) in [6.45, 7) is 19.0. The molecule has 2 fully saturated rings. The number of pyridine rings is 1. The summed E-state index contributed by atoms with van der Waals surface area (Å²) in [7, 11) is -4.55. The predicted octanol–water partition coefficient (Wildman–Crippen LogP) is 7.11. The molecule has 0 radical (unpaired) electrons. The van der Waals surface area contributed by atoms with Crippen molar-refractivity contribution in [3.63, 3.8) is 0 Å². The number of fused-ring (bicyclic) bond motifs is 1. The highest BCUT2D eigenvalue weighted by Crippen LogP contribution is 2.41. The number of H-pyrrole nitrogens is 1. The quantitative estimate of drug-likeness (QED) is 0.0594. The average Bonchev–Trinajstić information content (AvgIpc) is 3.69. The number of nitrogens with one attached hydrogen (secondary N) is 3. The highest BCUT2D eigenvalue weighted by Gasteiger charge is 2.30. The van der Waals surface area contributed by atoms with Crippen LogP contribution in [0.4, 0.5) is 17.1 Å². The van der Waals surface area contributed by atoms with Gasteiger partial charge in [-0.2, -0.15) is 0 Å². The van der Waals surface area contributed by atoms with E-state index in [1.807, 2.05) is 6.07 Å². The molecule has 4 aromatic rings. The van der Waals surface area contributed by atoms with Gasteiger partial charge < -0.3 is 24.7 Å². The van der Waals surface area contributed by atoms with Gasteiger partial charge in [-0.15, -0.1) is 6.58 Å². The van der Waals surface area contributed by atoms with Crippen molar-refractivity contribution < 1.29 is 27.6 Å². The molecule has 0 unspecified atom stereocenters. The topological polar surface area (TPSA) is 175 Å². The Hall–Kier alpha value is -5.29. The Bertz CT molecular complexity index is 2360. The number of carbonyl (C=O) groups excluding carboxylic acids is 1. The fraction of sp³-hybridized carbons (Fsp3) is 0.455. The Morgan fingerprint density at radius 3 is 2.57 bits per heavy atom. The molecule has 0 bridgehead atoms. The Morgan fingerprint density at radius 2 is 1.82 bits per heavy atom. The highest BCUT2D eigenvalue weighted by molar-refractivity contribution is 7.90. The second-order valence-corrected chi connectivity index (χ2v) is 18.6. The summed E-state index contributed by atoms with van der Waals surface area (Å²) < 4.78 is 41.1. The van der Waals surface area contributed by atoms with E-state index in [2.05, 4.69) is 62.1 Å². The first-order valence-corrected chi connectivity index (χ1v) is 22.2. The minimum Gasteiger partial charge on any atom is -0.455 e. The van der Waals surface area contributed by atoms with Crippen LogP contribution >= 0.6 is 0 Å². The number of benzene rings is 2. The van der Waals surface area contributed by atoms with E-state index < -0.39 is 31.4 Å². The van der Waals surface area contributed by atoms with Crippen LogP contribution in [0.15, 0.2) is 89.1 Å². The Balaban J connectivity index is 1.07. The van der Waals surface area contributed by atoms with Crippen molar-refractivity contribution in [3.8, 4) is 11.5 Å². The maximum atomic E-state index is 13.9. The third-order valence-corrected chi connectivity index (χ3v) is 13.0. The molecular formula is C44H56N8O7S. The summed E-state index contributed by atoms with van der Waals surface area (Å²) in [6.07, 6.45) is 8.83. The minimum atomic E-state index is -4.55. The van der Waals surface area contributed by atoms with Crippen molar-refractivity contribution in [1.29, 1.82) is 0 Å². The number of hydrogen-bond donors (Lipinski definition) is 3. The van der Waals surface area contributed by atoms with Crippen LogP contribution in [0.3, 0.4) is 0 Å². The van der Waals surface area contributed by atoms with Gasteiger partial charge in [-0.3, -0.25) is 24.7 Å². The molecule has 7 rings (SSSR count). The van der Waals surface area contributed by atoms with Gasteiger partial charge in [-0.05, 0) is 80.8 Å². The van der Waals surface area contributed by atoms with Crippen LogP contribution < -0.4 is 19.7 Å². The minimum absolute atomic E-state index is 0.0273. The predicted molar refractivity (Wildman–Crippen MR) is 233 cm³/mol. The maximum Gasteiger partial charge on any atom is 0.293 e. The smallest absolute Gasteiger partial charge is 0.293 e. The fourth-order valence-corrected chi connectivity index (χ4v) is 9.17. The van der Waals surface area contributed by atoms with Crippen LogP contribution in [0, 0.1) is 15.5 Å². The number of nitrogens with zero attached hydrogens (tertiary/aromatic N) is 5. The van der Waals surface area contributed by atoms with Crippen LogP contribution in [0.5, 0.6) is 11.5 Å². The van der Waals surface area contributed by atoms with Gasteiger partial charge >= 0.3 is 0 Å². The first-order chi connectivity index (χ1) is 28.7. The molecule has 2 aromatic heterocycles. The lowest BCUT2D eigenvalue weighted by molar-refractivity contribution is -0.384. The van der Waals surface area contributed by atoms with Gasteiger partial charge in [-0.1, -0.05) is 30.6 Å². The van der Waals surface area contributed by atoms with Crippen molar-refractivity contribution in [2.24, 2.45) is 5.41 Å². The van der Waals surface area contributed by atoms with E-state index in [0.29, 0.717) is 43.1 Å². The van der Waals surface area contributed by atoms with Gasteiger partial charge in [0, 0.05) is 88.3 Å². The maximum absolute atomic E-state index is 13.9. The Morgan fingerprint density at radius 1 is 1.03 bits per heavy atom. The first kappa shape index (κ1) is 42.8. The number of nitro benzene ring substituents is 1. The van der Waals surface area contributed by atoms with Gasteiger partial charge in [-0.25, -0.2) is 18.1 Å². The number of piperazine rings is 1. The number of rotatable bonds is 16. The van der Waals surface area contributed by atoms with E-state index in [0.717, 1.165) is 88.6 Å². The number of allylic oxidation sites excluding steroid dienone is 2. The van der Waals surface area contributed by atoms with Gasteiger partial charge in [0.1, 0.15) is 22.8 Å². The zero-order valence-electron chi connectivity index (χ0n) is 34.8. The number of amides is 1. The molecular weight excluding hydrogens is 785 g/mol. The number of aromatic nitrogens is 2. The monoisotopic (exact) mass is 840 g/mol. The lowest BCUT2D eigenvalue weighted by Crippen LogP contribution is -2.47. The SMILES string of the molecule is C=C(C)CCC1=C(CN2CCN(c3ccc(C(=O)NS(=O)(=O)c4ccc(NCCN5CCOCC5)c([N+](=O)[O-])c4)c(Oc4cnc5[nH]ccc5c4)c3)CC2)CCC(C)(C)C1. The van der Waals surface area contributed by atoms with Crippen molar-refractivity contribution in [2.75, 3.05) is 82.3 Å². The molecule has 2 saturated heterocycles. The number of sulfonamides is 1. The Kier molecular flexibility index (Phi) is 13.2. The van der Waals surface area contributed by atoms with Crippen molar-refractivity contribution >= 4 is 44.0 Å². The normalized spacial score (nSPS) is 17.8. The second-order valence-electron chi connectivity index (χ2n) is 16.9. The molecule has 15 nitrogen and oxygen atoms in total. The third-order valence-electron chi connectivity index (χ3n) is 11.7. The van der Waals surface area contributed by atoms with Crippen molar-refractivity contribution in [3.05, 3.63) is 99.9 Å². The van der Waals surface area contributed by atoms with Crippen LogP contribution in [0.25, 0.3) is 11.0 Å². The van der Waals surface area contributed by atoms with Gasteiger partial charge in [0.25, 0.3) is 21.6 Å². The Labute approximate surface area is 352 Å². The highest BCUT2D eigenvalue weighted by atomic mass is 32.2. The number of morpholine rings is 1. The molecule has 3 aliphatic rings. The second kappa shape index (κ2) is 18.5. The summed E-state index contributed by atoms with van der Waals surface area (Å²) >= 11 is 0. The molecule has 4 heterocycles. The molecule has 0 spiro atoms. The zero-order valence-corrected chi connectivity index (χ0v) is 35.6. The molecule has 16 heteroatoms. The molecule has 320 valence electrons. The first-order valence-electron chi connectivity index (χ1n) is 20.7. The van der Waals surface area contributed by atoms with Crippen LogP contribution in [-0.4, -0.2) is 111 Å². The summed E-state index contributed by atoms with van der Waals surface area (Å²) in [5.41, 5.74) is 5.91. The van der Waals surface area contributed by atoms with E-state index in [4.69, 9.17) is 9.47 Å². The summed E-state index contributed by atoms with van der Waals surface area (Å²) in [4.78, 5) is 39.3. The number of hydrogen-bond acceptors (Lipinski definition) is 12. The van der Waals surface area contributed by atoms with Crippen LogP contribution in [0.2, 0.25) is 0 Å². The summed E-state index contributed by atoms with van der Waals surface area (Å²) in [6, 6.07) is 12.3. The number of aromatic amines is 1. The standard InChI is InChI=1S/C44H56N8O7S/c1-31(2)5-6-33-28-44(3,4)13-11-34(33)30-50-17-19-51(20-18-50)35-7-9-38(41(26-35)59-36-25-32-12-14-46-42(32)47-29-36)43(53)48-60(56,57)37-8-10-39(40(27-37)52(54)55)45-15-16-49-21-23-58-24-22-49/h7-10,12,14,25-27,29,45H,1,5-6,11,13,15-24,28,30H2,2-4H3,(H,46,47)(H,48,53). The van der Waals surface area contributed by atoms with Gasteiger partial charge in [0.05, 0.1) is 34.8 Å². The molecule has 2 aliphatic heterocycles. The molecule has 60 heavy (non-hydrogen) atoms. The third kappa shape index (κ3) is 10.7. The summed E-state index contributed by atoms with van der Waals surface area (Å²) in [5.74, 6) is -0.444. The number of anilines is 2. The van der Waals surface area contributed by atoms with Crippen molar-refractivity contribution in [1.82, 2.24) is 24.5 Å². The molecule has 0 atom stereocenters. The number of carbonyl (C=O) groups is 1. The molecule has 3 N–H and O–H groups in total. The largest absolute Gasteiger partial charge is 0.455 e.